The molecule has 0 saturated carbocycles. The van der Waals surface area contributed by atoms with Gasteiger partial charge < -0.3 is 5.32 Å². The Hall–Kier alpha value is -1.39. The monoisotopic (exact) mass is 280 g/mol. The molecule has 2 aromatic rings. The summed E-state index contributed by atoms with van der Waals surface area (Å²) in [6, 6.07) is 7.24. The summed E-state index contributed by atoms with van der Waals surface area (Å²) in [6.45, 7) is 3.99. The minimum absolute atomic E-state index is 0.0306. The van der Waals surface area contributed by atoms with Gasteiger partial charge >= 0.3 is 0 Å². The van der Waals surface area contributed by atoms with Gasteiger partial charge in [0.05, 0.1) is 6.04 Å². The molecule has 1 amide bonds. The summed E-state index contributed by atoms with van der Waals surface area (Å²) < 4.78 is 0. The Morgan fingerprint density at radius 1 is 1.44 bits per heavy atom. The van der Waals surface area contributed by atoms with E-state index >= 15 is 0 Å². The van der Waals surface area contributed by atoms with Crippen molar-refractivity contribution in [2.75, 3.05) is 0 Å². The van der Waals surface area contributed by atoms with Gasteiger partial charge in [0.15, 0.2) is 0 Å². The molecule has 0 fully saturated rings. The van der Waals surface area contributed by atoms with E-state index in [1.807, 2.05) is 26.0 Å². The molecular weight excluding hydrogens is 268 g/mol. The van der Waals surface area contributed by atoms with Crippen LogP contribution in [-0.2, 0) is 0 Å². The number of carbonyl (C=O) groups excluding carboxylic acids is 1. The second-order valence-electron chi connectivity index (χ2n) is 4.00. The number of aromatic nitrogens is 1. The minimum Gasteiger partial charge on any atom is -0.343 e. The van der Waals surface area contributed by atoms with Gasteiger partial charge in [-0.1, -0.05) is 11.6 Å². The fourth-order valence-electron chi connectivity index (χ4n) is 1.56. The number of carbonyl (C=O) groups is 1. The van der Waals surface area contributed by atoms with Crippen molar-refractivity contribution < 1.29 is 4.79 Å². The highest BCUT2D eigenvalue weighted by molar-refractivity contribution is 7.12. The quantitative estimate of drug-likeness (QED) is 0.933. The average Bonchev–Trinajstić information content (AvgIpc) is 2.76. The molecule has 2 aromatic heterocycles. The van der Waals surface area contributed by atoms with Gasteiger partial charge in [0.2, 0.25) is 0 Å². The van der Waals surface area contributed by atoms with Crippen LogP contribution in [-0.4, -0.2) is 10.9 Å². The molecule has 2 rings (SSSR count). The number of thiophene rings is 1. The third-order valence-electron chi connectivity index (χ3n) is 2.49. The molecule has 0 radical (unpaired) electrons. The predicted molar refractivity (Wildman–Crippen MR) is 74.2 cm³/mol. The lowest BCUT2D eigenvalue weighted by molar-refractivity contribution is 0.0935. The zero-order chi connectivity index (χ0) is 13.1. The maximum absolute atomic E-state index is 12.0. The first-order chi connectivity index (χ1) is 8.56. The lowest BCUT2D eigenvalue weighted by atomic mass is 10.2. The van der Waals surface area contributed by atoms with Crippen LogP contribution in [0.4, 0.5) is 0 Å². The molecule has 94 valence electrons. The Bertz CT molecular complexity index is 568. The van der Waals surface area contributed by atoms with Crippen LogP contribution < -0.4 is 5.32 Å². The normalized spacial score (nSPS) is 12.2. The number of nitrogens with one attached hydrogen (secondary N) is 1. The van der Waals surface area contributed by atoms with Crippen LogP contribution in [0.3, 0.4) is 0 Å². The van der Waals surface area contributed by atoms with Crippen molar-refractivity contribution in [1.29, 1.82) is 0 Å². The van der Waals surface area contributed by atoms with Crippen molar-refractivity contribution in [3.05, 3.63) is 50.9 Å². The maximum Gasteiger partial charge on any atom is 0.270 e. The molecule has 0 aliphatic rings. The zero-order valence-corrected chi connectivity index (χ0v) is 11.7. The topological polar surface area (TPSA) is 42.0 Å². The Morgan fingerprint density at radius 3 is 2.83 bits per heavy atom. The maximum atomic E-state index is 12.0. The van der Waals surface area contributed by atoms with E-state index in [1.54, 1.807) is 23.5 Å². The number of aryl methyl sites for hydroxylation is 1. The number of pyridine rings is 1. The molecule has 1 unspecified atom stereocenters. The van der Waals surface area contributed by atoms with E-state index in [2.05, 4.69) is 10.3 Å². The van der Waals surface area contributed by atoms with Gasteiger partial charge in [-0.25, -0.2) is 0 Å². The van der Waals surface area contributed by atoms with Crippen molar-refractivity contribution in [3.8, 4) is 0 Å². The summed E-state index contributed by atoms with van der Waals surface area (Å²) in [7, 11) is 0. The number of rotatable bonds is 3. The van der Waals surface area contributed by atoms with Gasteiger partial charge in [-0.05, 0) is 38.1 Å². The minimum atomic E-state index is -0.212. The predicted octanol–water partition coefficient (Wildman–Crippen LogP) is 3.60. The van der Waals surface area contributed by atoms with Crippen molar-refractivity contribution in [2.45, 2.75) is 19.9 Å². The van der Waals surface area contributed by atoms with Crippen LogP contribution in [0.2, 0.25) is 5.02 Å². The first-order valence-corrected chi connectivity index (χ1v) is 6.74. The Labute approximate surface area is 115 Å². The van der Waals surface area contributed by atoms with E-state index in [0.29, 0.717) is 10.7 Å². The van der Waals surface area contributed by atoms with Gasteiger partial charge in [0, 0.05) is 21.0 Å². The molecule has 2 heterocycles. The van der Waals surface area contributed by atoms with Crippen molar-refractivity contribution in [1.82, 2.24) is 10.3 Å². The summed E-state index contributed by atoms with van der Waals surface area (Å²) in [4.78, 5) is 18.3. The summed E-state index contributed by atoms with van der Waals surface area (Å²) >= 11 is 7.50. The summed E-state index contributed by atoms with van der Waals surface area (Å²) in [6.07, 6.45) is 1.53. The van der Waals surface area contributed by atoms with Crippen LogP contribution in [0.15, 0.2) is 30.5 Å². The van der Waals surface area contributed by atoms with Gasteiger partial charge in [-0.3, -0.25) is 9.78 Å². The molecule has 0 aliphatic carbocycles. The molecule has 5 heteroatoms. The molecule has 3 nitrogen and oxygen atoms in total. The molecule has 0 aliphatic heterocycles. The van der Waals surface area contributed by atoms with E-state index in [9.17, 15) is 4.79 Å². The first kappa shape index (κ1) is 13.1. The highest BCUT2D eigenvalue weighted by Crippen LogP contribution is 2.22. The molecular formula is C13H13ClN2OS. The van der Waals surface area contributed by atoms with Crippen molar-refractivity contribution in [2.24, 2.45) is 0 Å². The van der Waals surface area contributed by atoms with Crippen LogP contribution in [0.25, 0.3) is 0 Å². The molecule has 18 heavy (non-hydrogen) atoms. The lowest BCUT2D eigenvalue weighted by Gasteiger charge is -2.11. The number of nitrogens with zero attached hydrogens (tertiary/aromatic N) is 1. The van der Waals surface area contributed by atoms with Gasteiger partial charge in [0.25, 0.3) is 5.91 Å². The van der Waals surface area contributed by atoms with E-state index in [1.165, 1.54) is 11.1 Å². The molecule has 1 N–H and O–H groups in total. The number of halogens is 1. The SMILES string of the molecule is Cc1ccc(C(C)NC(=O)c2cc(Cl)ccn2)s1. The smallest absolute Gasteiger partial charge is 0.270 e. The van der Waals surface area contributed by atoms with E-state index in [0.717, 1.165) is 4.88 Å². The van der Waals surface area contributed by atoms with Gasteiger partial charge in [-0.15, -0.1) is 11.3 Å². The van der Waals surface area contributed by atoms with E-state index in [4.69, 9.17) is 11.6 Å². The Morgan fingerprint density at radius 2 is 2.22 bits per heavy atom. The Balaban J connectivity index is 2.08. The number of hydrogen-bond donors (Lipinski definition) is 1. The van der Waals surface area contributed by atoms with Crippen LogP contribution in [0, 0.1) is 6.92 Å². The number of amides is 1. The fourth-order valence-corrected chi connectivity index (χ4v) is 2.60. The first-order valence-electron chi connectivity index (χ1n) is 5.55. The molecule has 0 spiro atoms. The summed E-state index contributed by atoms with van der Waals surface area (Å²) in [5.41, 5.74) is 0.336. The third kappa shape index (κ3) is 3.09. The number of hydrogen-bond acceptors (Lipinski definition) is 3. The second kappa shape index (κ2) is 5.50. The van der Waals surface area contributed by atoms with E-state index < -0.39 is 0 Å². The van der Waals surface area contributed by atoms with Crippen LogP contribution in [0.5, 0.6) is 0 Å². The standard InChI is InChI=1S/C13H13ClN2OS/c1-8-3-4-12(18-8)9(2)16-13(17)11-7-10(14)5-6-15-11/h3-7,9H,1-2H3,(H,16,17). The van der Waals surface area contributed by atoms with Crippen molar-refractivity contribution >= 4 is 28.8 Å². The van der Waals surface area contributed by atoms with Crippen molar-refractivity contribution in [3.63, 3.8) is 0 Å². The second-order valence-corrected chi connectivity index (χ2v) is 5.76. The average molecular weight is 281 g/mol. The summed E-state index contributed by atoms with van der Waals surface area (Å²) in [5, 5.41) is 3.41. The third-order valence-corrected chi connectivity index (χ3v) is 3.91. The molecule has 0 bridgehead atoms. The summed E-state index contributed by atoms with van der Waals surface area (Å²) in [5.74, 6) is -0.212. The van der Waals surface area contributed by atoms with E-state index in [-0.39, 0.29) is 11.9 Å². The van der Waals surface area contributed by atoms with Gasteiger partial charge in [-0.2, -0.15) is 0 Å². The highest BCUT2D eigenvalue weighted by atomic mass is 35.5. The molecule has 0 aromatic carbocycles. The van der Waals surface area contributed by atoms with Crippen LogP contribution >= 0.6 is 22.9 Å². The zero-order valence-electron chi connectivity index (χ0n) is 10.1. The van der Waals surface area contributed by atoms with Gasteiger partial charge in [0.1, 0.15) is 5.69 Å². The largest absolute Gasteiger partial charge is 0.343 e. The highest BCUT2D eigenvalue weighted by Gasteiger charge is 2.13. The van der Waals surface area contributed by atoms with Crippen LogP contribution in [0.1, 0.15) is 33.2 Å². The lowest BCUT2D eigenvalue weighted by Crippen LogP contribution is -2.26. The molecule has 1 atom stereocenters. The fraction of sp³-hybridized carbons (Fsp3) is 0.231. The molecule has 0 saturated heterocycles. The Kier molecular flexibility index (Phi) is 3.99.